The molecule has 0 unspecified atom stereocenters. The normalized spacial score (nSPS) is 11.2. The van der Waals surface area contributed by atoms with Gasteiger partial charge in [0.1, 0.15) is 16.8 Å². The number of amides is 1. The van der Waals surface area contributed by atoms with E-state index in [1.807, 2.05) is 43.3 Å². The highest BCUT2D eigenvalue weighted by Crippen LogP contribution is 2.13. The summed E-state index contributed by atoms with van der Waals surface area (Å²) >= 11 is 0. The Morgan fingerprint density at radius 3 is 2.71 bits per heavy atom. The van der Waals surface area contributed by atoms with Gasteiger partial charge in [0.15, 0.2) is 0 Å². The zero-order chi connectivity index (χ0) is 24.1. The Balaban J connectivity index is 1.75. The van der Waals surface area contributed by atoms with E-state index < -0.39 is 5.91 Å². The molecule has 0 saturated heterocycles. The summed E-state index contributed by atoms with van der Waals surface area (Å²) in [6, 6.07) is 14.9. The number of pyridine rings is 2. The number of hydrogen-bond donors (Lipinski definition) is 3. The predicted octanol–water partition coefficient (Wildman–Crippen LogP) is 1.42. The van der Waals surface area contributed by atoms with Crippen molar-refractivity contribution in [3.05, 3.63) is 87.3 Å². The smallest absolute Gasteiger partial charge is 0.267 e. The number of hydrogen-bond acceptors (Lipinski definition) is 6. The highest BCUT2D eigenvalue weighted by Gasteiger charge is 2.18. The standard InChI is InChI=1S/C25H27N5O4/c1-17-6-5-11-30-22(17)28-23-20(25(30)33)16-19(21(26)29(23)12-14-34-15-13-31)24(32)27-10-9-18-7-3-2-4-8-18/h2-8,11,16,26,31H,9-10,12-15H2,1H3,(H,27,32). The lowest BCUT2D eigenvalue weighted by molar-refractivity contribution is 0.0866. The molecule has 0 spiro atoms. The van der Waals surface area contributed by atoms with E-state index >= 15 is 0 Å². The van der Waals surface area contributed by atoms with Crippen molar-refractivity contribution < 1.29 is 14.6 Å². The highest BCUT2D eigenvalue weighted by molar-refractivity contribution is 5.96. The van der Waals surface area contributed by atoms with Crippen LogP contribution in [0, 0.1) is 12.3 Å². The second kappa shape index (κ2) is 10.4. The molecule has 1 amide bonds. The van der Waals surface area contributed by atoms with Gasteiger partial charge in [0.05, 0.1) is 30.8 Å². The minimum Gasteiger partial charge on any atom is -0.394 e. The molecule has 0 saturated carbocycles. The molecule has 3 heterocycles. The van der Waals surface area contributed by atoms with Gasteiger partial charge in [0, 0.05) is 19.3 Å². The van der Waals surface area contributed by atoms with E-state index in [-0.39, 0.29) is 48.4 Å². The van der Waals surface area contributed by atoms with E-state index in [0.717, 1.165) is 11.1 Å². The summed E-state index contributed by atoms with van der Waals surface area (Å²) in [6.07, 6.45) is 2.29. The van der Waals surface area contributed by atoms with E-state index in [4.69, 9.17) is 15.3 Å². The van der Waals surface area contributed by atoms with Crippen molar-refractivity contribution in [3.8, 4) is 0 Å². The van der Waals surface area contributed by atoms with Crippen molar-refractivity contribution in [3.63, 3.8) is 0 Å². The summed E-state index contributed by atoms with van der Waals surface area (Å²) in [4.78, 5) is 31.0. The van der Waals surface area contributed by atoms with Gasteiger partial charge in [-0.05, 0) is 36.6 Å². The van der Waals surface area contributed by atoms with Gasteiger partial charge in [0.25, 0.3) is 11.5 Å². The Kier molecular flexibility index (Phi) is 7.15. The maximum absolute atomic E-state index is 13.3. The fourth-order valence-electron chi connectivity index (χ4n) is 3.87. The summed E-state index contributed by atoms with van der Waals surface area (Å²) in [7, 11) is 0. The molecule has 3 aromatic heterocycles. The summed E-state index contributed by atoms with van der Waals surface area (Å²) in [5.74, 6) is -0.429. The molecule has 176 valence electrons. The van der Waals surface area contributed by atoms with Gasteiger partial charge in [-0.1, -0.05) is 36.4 Å². The number of aryl methyl sites for hydroxylation is 1. The van der Waals surface area contributed by atoms with Crippen molar-refractivity contribution in [2.45, 2.75) is 19.9 Å². The number of fused-ring (bicyclic) bond motifs is 2. The van der Waals surface area contributed by atoms with Gasteiger partial charge >= 0.3 is 0 Å². The van der Waals surface area contributed by atoms with E-state index in [2.05, 4.69) is 10.3 Å². The average Bonchev–Trinajstić information content (AvgIpc) is 2.84. The first-order valence-electron chi connectivity index (χ1n) is 11.1. The van der Waals surface area contributed by atoms with Crippen LogP contribution in [0.1, 0.15) is 21.5 Å². The van der Waals surface area contributed by atoms with Crippen LogP contribution in [0.5, 0.6) is 0 Å². The molecule has 1 aromatic carbocycles. The first-order valence-corrected chi connectivity index (χ1v) is 11.1. The Morgan fingerprint density at radius 2 is 1.94 bits per heavy atom. The van der Waals surface area contributed by atoms with Crippen LogP contribution in [0.25, 0.3) is 16.7 Å². The molecule has 0 atom stereocenters. The van der Waals surface area contributed by atoms with Crippen molar-refractivity contribution in [1.29, 1.82) is 5.41 Å². The number of carbonyl (C=O) groups is 1. The molecule has 3 N–H and O–H groups in total. The number of nitrogens with one attached hydrogen (secondary N) is 2. The lowest BCUT2D eigenvalue weighted by Gasteiger charge is -2.15. The van der Waals surface area contributed by atoms with Crippen molar-refractivity contribution in [1.82, 2.24) is 19.3 Å². The topological polar surface area (TPSA) is 122 Å². The molecule has 0 aliphatic rings. The van der Waals surface area contributed by atoms with E-state index in [1.54, 1.807) is 12.3 Å². The van der Waals surface area contributed by atoms with Gasteiger partial charge in [-0.2, -0.15) is 0 Å². The molecule has 34 heavy (non-hydrogen) atoms. The Morgan fingerprint density at radius 1 is 1.15 bits per heavy atom. The van der Waals surface area contributed by atoms with Gasteiger partial charge in [0.2, 0.25) is 0 Å². The Bertz CT molecular complexity index is 1440. The lowest BCUT2D eigenvalue weighted by Crippen LogP contribution is -2.36. The molecule has 0 fully saturated rings. The van der Waals surface area contributed by atoms with E-state index in [9.17, 15) is 9.59 Å². The number of carbonyl (C=O) groups excluding carboxylic acids is 1. The molecule has 4 rings (SSSR count). The zero-order valence-electron chi connectivity index (χ0n) is 19.0. The van der Waals surface area contributed by atoms with Crippen molar-refractivity contribution in [2.24, 2.45) is 0 Å². The minimum atomic E-state index is -0.429. The quantitative estimate of drug-likeness (QED) is 0.257. The molecular weight excluding hydrogens is 434 g/mol. The molecule has 0 bridgehead atoms. The molecule has 4 aromatic rings. The molecule has 0 radical (unpaired) electrons. The molecule has 0 aliphatic heterocycles. The van der Waals surface area contributed by atoms with Crippen LogP contribution in [0.4, 0.5) is 0 Å². The van der Waals surface area contributed by atoms with Gasteiger partial charge in [-0.3, -0.25) is 19.4 Å². The molecule has 9 nitrogen and oxygen atoms in total. The van der Waals surface area contributed by atoms with Crippen LogP contribution in [0.3, 0.4) is 0 Å². The van der Waals surface area contributed by atoms with Crippen molar-refractivity contribution >= 4 is 22.6 Å². The molecule has 0 aliphatic carbocycles. The van der Waals surface area contributed by atoms with E-state index in [0.29, 0.717) is 24.3 Å². The Hall–Kier alpha value is -3.82. The number of benzene rings is 1. The van der Waals surface area contributed by atoms with Gasteiger partial charge < -0.3 is 19.7 Å². The van der Waals surface area contributed by atoms with E-state index in [1.165, 1.54) is 15.0 Å². The third kappa shape index (κ3) is 4.75. The maximum Gasteiger partial charge on any atom is 0.267 e. The molecular formula is C25H27N5O4. The minimum absolute atomic E-state index is 0.0536. The SMILES string of the molecule is Cc1cccn2c(=O)c3cc(C(=O)NCCc4ccccc4)c(=N)n(CCOCCO)c3nc12. The van der Waals surface area contributed by atoms with Crippen LogP contribution in [0.15, 0.2) is 59.5 Å². The lowest BCUT2D eigenvalue weighted by atomic mass is 10.1. The van der Waals surface area contributed by atoms with Crippen LogP contribution in [0.2, 0.25) is 0 Å². The maximum atomic E-state index is 13.3. The number of nitrogens with zero attached hydrogens (tertiary/aromatic N) is 3. The Labute approximate surface area is 195 Å². The fourth-order valence-corrected chi connectivity index (χ4v) is 3.87. The second-order valence-corrected chi connectivity index (χ2v) is 7.92. The largest absolute Gasteiger partial charge is 0.394 e. The number of aromatic nitrogens is 3. The van der Waals surface area contributed by atoms with Crippen LogP contribution < -0.4 is 16.4 Å². The number of ether oxygens (including phenoxy) is 1. The second-order valence-electron chi connectivity index (χ2n) is 7.92. The zero-order valence-corrected chi connectivity index (χ0v) is 19.0. The number of rotatable bonds is 9. The summed E-state index contributed by atoms with van der Waals surface area (Å²) in [5.41, 5.74) is 2.44. The monoisotopic (exact) mass is 461 g/mol. The number of aliphatic hydroxyl groups excluding tert-OH is 1. The summed E-state index contributed by atoms with van der Waals surface area (Å²) in [5, 5.41) is 20.8. The summed E-state index contributed by atoms with van der Waals surface area (Å²) in [6.45, 7) is 2.69. The van der Waals surface area contributed by atoms with Crippen LogP contribution in [-0.2, 0) is 17.7 Å². The molecule has 9 heteroatoms. The summed E-state index contributed by atoms with van der Waals surface area (Å²) < 4.78 is 8.35. The predicted molar refractivity (Wildman–Crippen MR) is 128 cm³/mol. The van der Waals surface area contributed by atoms with Gasteiger partial charge in [-0.25, -0.2) is 4.98 Å². The first kappa shape index (κ1) is 23.3. The average molecular weight is 462 g/mol. The highest BCUT2D eigenvalue weighted by atomic mass is 16.5. The third-order valence-electron chi connectivity index (χ3n) is 5.62. The van der Waals surface area contributed by atoms with Crippen LogP contribution >= 0.6 is 0 Å². The number of aliphatic hydroxyl groups is 1. The first-order chi connectivity index (χ1) is 16.5. The third-order valence-corrected chi connectivity index (χ3v) is 5.62. The van der Waals surface area contributed by atoms with Crippen LogP contribution in [-0.4, -0.2) is 51.3 Å². The van der Waals surface area contributed by atoms with Gasteiger partial charge in [-0.15, -0.1) is 0 Å². The van der Waals surface area contributed by atoms with Crippen molar-refractivity contribution in [2.75, 3.05) is 26.4 Å². The fraction of sp³-hybridized carbons (Fsp3) is 0.280.